The Morgan fingerprint density at radius 1 is 1.00 bits per heavy atom. The second-order valence-electron chi connectivity index (χ2n) is 3.71. The molecule has 0 bridgehead atoms. The minimum absolute atomic E-state index is 0.0106. The summed E-state index contributed by atoms with van der Waals surface area (Å²) in [5.41, 5.74) is -1.82. The topological polar surface area (TPSA) is 32.9 Å². The van der Waals surface area contributed by atoms with Crippen LogP contribution in [-0.4, -0.2) is 4.98 Å². The van der Waals surface area contributed by atoms with Crippen molar-refractivity contribution in [3.8, 4) is 11.1 Å². The Balaban J connectivity index is 2.63. The molecule has 1 aromatic heterocycles. The van der Waals surface area contributed by atoms with Gasteiger partial charge in [0.25, 0.3) is 5.56 Å². The Kier molecular flexibility index (Phi) is 3.60. The van der Waals surface area contributed by atoms with E-state index in [9.17, 15) is 18.0 Å². The molecule has 0 spiro atoms. The fourth-order valence-corrected chi connectivity index (χ4v) is 2.19. The molecule has 1 aromatic carbocycles. The quantitative estimate of drug-likeness (QED) is 0.834. The maximum absolute atomic E-state index is 12.4. The molecular weight excluding hydrogens is 302 g/mol. The Morgan fingerprint density at radius 2 is 1.58 bits per heavy atom. The second-order valence-corrected chi connectivity index (χ2v) is 4.52. The number of rotatable bonds is 1. The van der Waals surface area contributed by atoms with Gasteiger partial charge < -0.3 is 4.98 Å². The molecule has 0 fully saturated rings. The van der Waals surface area contributed by atoms with Gasteiger partial charge in [-0.3, -0.25) is 4.79 Å². The van der Waals surface area contributed by atoms with Crippen molar-refractivity contribution in [3.05, 3.63) is 56.4 Å². The molecular formula is C12H6Cl2F3NO. The maximum Gasteiger partial charge on any atom is 0.431 e. The molecule has 1 heterocycles. The number of pyridine rings is 1. The minimum atomic E-state index is -4.61. The third-order valence-electron chi connectivity index (χ3n) is 2.45. The smallest absolute Gasteiger partial charge is 0.318 e. The van der Waals surface area contributed by atoms with Crippen molar-refractivity contribution >= 4 is 23.2 Å². The standard InChI is InChI=1S/C12H6Cl2F3NO/c13-7-2-1-3-8(14)10(7)6-4-5-9(12(15,16)17)18-11(6)19/h1-5H,(H,18,19). The van der Waals surface area contributed by atoms with Gasteiger partial charge in [0.1, 0.15) is 5.69 Å². The van der Waals surface area contributed by atoms with Gasteiger partial charge in [-0.15, -0.1) is 0 Å². The summed E-state index contributed by atoms with van der Waals surface area (Å²) in [6, 6.07) is 6.40. The van der Waals surface area contributed by atoms with Crippen LogP contribution < -0.4 is 5.56 Å². The normalized spacial score (nSPS) is 11.6. The summed E-state index contributed by atoms with van der Waals surface area (Å²) in [6.07, 6.45) is -4.61. The molecule has 0 atom stereocenters. The van der Waals surface area contributed by atoms with Gasteiger partial charge in [0, 0.05) is 11.1 Å². The van der Waals surface area contributed by atoms with Crippen LogP contribution in [0.15, 0.2) is 35.1 Å². The highest BCUT2D eigenvalue weighted by Gasteiger charge is 2.32. The van der Waals surface area contributed by atoms with E-state index in [1.54, 1.807) is 11.1 Å². The highest BCUT2D eigenvalue weighted by Crippen LogP contribution is 2.33. The number of hydrogen-bond donors (Lipinski definition) is 1. The van der Waals surface area contributed by atoms with Gasteiger partial charge in [-0.2, -0.15) is 13.2 Å². The van der Waals surface area contributed by atoms with Crippen molar-refractivity contribution in [2.75, 3.05) is 0 Å². The van der Waals surface area contributed by atoms with Crippen LogP contribution in [0.4, 0.5) is 13.2 Å². The van der Waals surface area contributed by atoms with Gasteiger partial charge in [0.2, 0.25) is 0 Å². The third-order valence-corrected chi connectivity index (χ3v) is 3.08. The highest BCUT2D eigenvalue weighted by atomic mass is 35.5. The number of benzene rings is 1. The van der Waals surface area contributed by atoms with E-state index in [-0.39, 0.29) is 21.2 Å². The number of aromatic amines is 1. The van der Waals surface area contributed by atoms with E-state index in [0.717, 1.165) is 12.1 Å². The van der Waals surface area contributed by atoms with Crippen LogP contribution in [0.25, 0.3) is 11.1 Å². The monoisotopic (exact) mass is 307 g/mol. The molecule has 2 rings (SSSR count). The fourth-order valence-electron chi connectivity index (χ4n) is 1.59. The fraction of sp³-hybridized carbons (Fsp3) is 0.0833. The van der Waals surface area contributed by atoms with E-state index in [4.69, 9.17) is 23.2 Å². The van der Waals surface area contributed by atoms with Crippen LogP contribution in [0.1, 0.15) is 5.69 Å². The van der Waals surface area contributed by atoms with Crippen LogP contribution in [-0.2, 0) is 6.18 Å². The molecule has 100 valence electrons. The minimum Gasteiger partial charge on any atom is -0.318 e. The Hall–Kier alpha value is -1.46. The first-order valence-corrected chi connectivity index (χ1v) is 5.81. The summed E-state index contributed by atoms with van der Waals surface area (Å²) in [6.45, 7) is 0. The van der Waals surface area contributed by atoms with Crippen molar-refractivity contribution < 1.29 is 13.2 Å². The van der Waals surface area contributed by atoms with Gasteiger partial charge in [0.15, 0.2) is 0 Å². The van der Waals surface area contributed by atoms with Crippen molar-refractivity contribution in [1.29, 1.82) is 0 Å². The molecule has 19 heavy (non-hydrogen) atoms. The number of halogens is 5. The Morgan fingerprint density at radius 3 is 2.05 bits per heavy atom. The third kappa shape index (κ3) is 2.77. The lowest BCUT2D eigenvalue weighted by Gasteiger charge is -2.09. The van der Waals surface area contributed by atoms with Gasteiger partial charge in [-0.25, -0.2) is 0 Å². The van der Waals surface area contributed by atoms with Crippen LogP contribution in [0.2, 0.25) is 10.0 Å². The first kappa shape index (κ1) is 14.0. The van der Waals surface area contributed by atoms with E-state index in [1.807, 2.05) is 0 Å². The summed E-state index contributed by atoms with van der Waals surface area (Å²) < 4.78 is 37.3. The summed E-state index contributed by atoms with van der Waals surface area (Å²) in [5.74, 6) is 0. The number of H-pyrrole nitrogens is 1. The van der Waals surface area contributed by atoms with E-state index in [0.29, 0.717) is 0 Å². The summed E-state index contributed by atoms with van der Waals surface area (Å²) >= 11 is 11.8. The summed E-state index contributed by atoms with van der Waals surface area (Å²) in [7, 11) is 0. The zero-order valence-corrected chi connectivity index (χ0v) is 10.7. The lowest BCUT2D eigenvalue weighted by molar-refractivity contribution is -0.141. The largest absolute Gasteiger partial charge is 0.431 e. The first-order chi connectivity index (χ1) is 8.80. The molecule has 0 amide bonds. The summed E-state index contributed by atoms with van der Waals surface area (Å²) in [5, 5.41) is 0.385. The molecule has 0 saturated heterocycles. The first-order valence-electron chi connectivity index (χ1n) is 5.05. The molecule has 0 aliphatic rings. The van der Waals surface area contributed by atoms with Gasteiger partial charge in [-0.1, -0.05) is 29.3 Å². The van der Waals surface area contributed by atoms with E-state index in [2.05, 4.69) is 0 Å². The van der Waals surface area contributed by atoms with Crippen molar-refractivity contribution in [2.45, 2.75) is 6.18 Å². The van der Waals surface area contributed by atoms with E-state index < -0.39 is 17.4 Å². The van der Waals surface area contributed by atoms with Crippen molar-refractivity contribution in [1.82, 2.24) is 4.98 Å². The highest BCUT2D eigenvalue weighted by molar-refractivity contribution is 6.39. The number of nitrogens with one attached hydrogen (secondary N) is 1. The van der Waals surface area contributed by atoms with Crippen LogP contribution >= 0.6 is 23.2 Å². The molecule has 0 aliphatic heterocycles. The molecule has 2 nitrogen and oxygen atoms in total. The van der Waals surface area contributed by atoms with Gasteiger partial charge in [0.05, 0.1) is 10.0 Å². The van der Waals surface area contributed by atoms with Crippen molar-refractivity contribution in [2.24, 2.45) is 0 Å². The lowest BCUT2D eigenvalue weighted by atomic mass is 10.1. The van der Waals surface area contributed by atoms with Crippen LogP contribution in [0.3, 0.4) is 0 Å². The molecule has 0 saturated carbocycles. The van der Waals surface area contributed by atoms with Crippen LogP contribution in [0.5, 0.6) is 0 Å². The number of alkyl halides is 3. The Bertz CT molecular complexity index is 659. The van der Waals surface area contributed by atoms with E-state index in [1.165, 1.54) is 12.1 Å². The molecule has 0 aliphatic carbocycles. The Labute approximate surface area is 115 Å². The molecule has 2 aromatic rings. The average molecular weight is 308 g/mol. The maximum atomic E-state index is 12.4. The van der Waals surface area contributed by atoms with Crippen LogP contribution in [0, 0.1) is 0 Å². The summed E-state index contributed by atoms with van der Waals surface area (Å²) in [4.78, 5) is 13.5. The predicted molar refractivity (Wildman–Crippen MR) is 67.5 cm³/mol. The second kappa shape index (κ2) is 4.90. The van der Waals surface area contributed by atoms with E-state index >= 15 is 0 Å². The zero-order valence-electron chi connectivity index (χ0n) is 9.18. The van der Waals surface area contributed by atoms with Gasteiger partial charge >= 0.3 is 6.18 Å². The molecule has 1 N–H and O–H groups in total. The molecule has 0 radical (unpaired) electrons. The van der Waals surface area contributed by atoms with Gasteiger partial charge in [-0.05, 0) is 24.3 Å². The number of aromatic nitrogens is 1. The number of hydrogen-bond acceptors (Lipinski definition) is 1. The lowest BCUT2D eigenvalue weighted by Crippen LogP contribution is -2.17. The van der Waals surface area contributed by atoms with Crippen molar-refractivity contribution in [3.63, 3.8) is 0 Å². The molecule has 7 heteroatoms. The average Bonchev–Trinajstić information content (AvgIpc) is 2.29. The SMILES string of the molecule is O=c1[nH]c(C(F)(F)F)ccc1-c1c(Cl)cccc1Cl. The predicted octanol–water partition coefficient (Wildman–Crippen LogP) is 4.37. The molecule has 0 unspecified atom stereocenters. The zero-order chi connectivity index (χ0) is 14.2.